The molecule has 4 heterocycles. The fourth-order valence-corrected chi connectivity index (χ4v) is 10.0. The molecule has 2 saturated carbocycles. The third-order valence-corrected chi connectivity index (χ3v) is 13.4. The van der Waals surface area contributed by atoms with Gasteiger partial charge in [0.2, 0.25) is 5.91 Å². The molecule has 10 nitrogen and oxygen atoms in total. The van der Waals surface area contributed by atoms with Gasteiger partial charge in [-0.15, -0.1) is 9.03 Å². The summed E-state index contributed by atoms with van der Waals surface area (Å²) in [7, 11) is 4.99. The first-order valence-corrected chi connectivity index (χ1v) is 19.9. The second-order valence-electron chi connectivity index (χ2n) is 15.5. The highest BCUT2D eigenvalue weighted by Crippen LogP contribution is 2.66. The number of methoxy groups -OCH3 is 1. The molecule has 53 heavy (non-hydrogen) atoms. The number of hydrogen-bond donors (Lipinski definition) is 1. The van der Waals surface area contributed by atoms with Gasteiger partial charge in [-0.05, 0) is 91.6 Å². The number of carbonyl (C=O) groups excluding carboxylic acids is 2. The monoisotopic (exact) mass is 737 g/mol. The molecule has 2 amide bonds. The van der Waals surface area contributed by atoms with Crippen LogP contribution in [0.1, 0.15) is 96.3 Å². The molecule has 3 unspecified atom stereocenters. The number of rotatable bonds is 7. The number of likely N-dealkylation sites (tertiary alicyclic amines) is 1. The largest absolute Gasteiger partial charge is 0.573 e. The number of amides is 2. The van der Waals surface area contributed by atoms with Gasteiger partial charge in [-0.2, -0.15) is 0 Å². The predicted molar refractivity (Wildman–Crippen MR) is 201 cm³/mol. The molecule has 0 bridgehead atoms. The summed E-state index contributed by atoms with van der Waals surface area (Å²) in [5, 5.41) is 6.27. The molecule has 4 aliphatic rings. The van der Waals surface area contributed by atoms with Crippen LogP contribution >= 0.6 is 0 Å². The van der Waals surface area contributed by atoms with E-state index in [1.807, 2.05) is 23.1 Å². The zero-order valence-electron chi connectivity index (χ0n) is 30.3. The van der Waals surface area contributed by atoms with Crippen LogP contribution in [0.5, 0.6) is 5.75 Å². The van der Waals surface area contributed by atoms with Gasteiger partial charge in [-0.1, -0.05) is 30.5 Å². The zero-order chi connectivity index (χ0) is 36.6. The third-order valence-electron chi connectivity index (χ3n) is 12.4. The van der Waals surface area contributed by atoms with Crippen molar-refractivity contribution in [3.05, 3.63) is 82.8 Å². The van der Waals surface area contributed by atoms with Crippen molar-refractivity contribution in [2.75, 3.05) is 34.3 Å². The number of fused-ring (bicyclic) bond motifs is 8. The second kappa shape index (κ2) is 13.2. The van der Waals surface area contributed by atoms with Crippen LogP contribution in [0, 0.1) is 11.2 Å². The smallest absolute Gasteiger partial charge is 0.293 e. The molecule has 9 rings (SSSR count). The molecule has 0 radical (unpaired) electrons. The first-order valence-electron chi connectivity index (χ1n) is 18.8. The van der Waals surface area contributed by atoms with Gasteiger partial charge < -0.3 is 23.3 Å². The van der Waals surface area contributed by atoms with Gasteiger partial charge >= 0.3 is 0 Å². The average Bonchev–Trinajstić information content (AvgIpc) is 3.66. The Balaban J connectivity index is 1.11. The van der Waals surface area contributed by atoms with Crippen LogP contribution in [-0.4, -0.2) is 69.6 Å². The van der Waals surface area contributed by atoms with Crippen molar-refractivity contribution in [2.45, 2.75) is 75.7 Å². The molecular formula is C41H44FN5O5S. The highest BCUT2D eigenvalue weighted by Gasteiger charge is 2.64. The maximum absolute atomic E-state index is 15.0. The summed E-state index contributed by atoms with van der Waals surface area (Å²) in [5.74, 6) is 0.668. The molecule has 5 aromatic rings. The van der Waals surface area contributed by atoms with E-state index in [9.17, 15) is 18.5 Å². The van der Waals surface area contributed by atoms with Crippen molar-refractivity contribution in [3.63, 3.8) is 0 Å². The number of nitrogens with zero attached hydrogens (tertiary/aromatic N) is 4. The van der Waals surface area contributed by atoms with Crippen LogP contribution in [-0.2, 0) is 22.9 Å². The van der Waals surface area contributed by atoms with E-state index in [0.717, 1.165) is 76.7 Å². The van der Waals surface area contributed by atoms with E-state index in [2.05, 4.69) is 32.6 Å². The summed E-state index contributed by atoms with van der Waals surface area (Å²) in [4.78, 5) is 30.5. The number of aromatic nitrogens is 2. The number of nitrogens with one attached hydrogen (secondary N) is 1. The first kappa shape index (κ1) is 34.4. The van der Waals surface area contributed by atoms with Crippen molar-refractivity contribution >= 4 is 45.2 Å². The summed E-state index contributed by atoms with van der Waals surface area (Å²) in [5.41, 5.74) is 6.71. The van der Waals surface area contributed by atoms with Crippen LogP contribution in [0.3, 0.4) is 0 Å². The Bertz CT molecular complexity index is 2250. The van der Waals surface area contributed by atoms with Gasteiger partial charge in [-0.3, -0.25) is 9.59 Å². The van der Waals surface area contributed by atoms with Gasteiger partial charge in [-0.25, -0.2) is 4.39 Å². The van der Waals surface area contributed by atoms with Crippen molar-refractivity contribution < 1.29 is 27.8 Å². The number of halogens is 1. The standard InChI is InChI=1S/C41H44FN5O5S/c1-45(2)53(50)44-39(48)26-9-12-30-34(19-26)47-23-41(40(49)46-17-15-25(16-18-46)37-31-13-10-27(42)20-35(31)52-43-37)22-33(41)32-21-28(51-3)11-14-29(32)38(47)36(30)24-7-5-4-6-8-24/h9-14,19-21,24-25,33H,4-8,15-18,22-23H2,1-3H3,(H,44,48). The second-order valence-corrected chi connectivity index (χ2v) is 17.0. The lowest BCUT2D eigenvalue weighted by Gasteiger charge is -2.34. The quantitative estimate of drug-likeness (QED) is 0.173. The minimum atomic E-state index is -1.67. The Labute approximate surface area is 311 Å². The van der Waals surface area contributed by atoms with Crippen molar-refractivity contribution in [2.24, 2.45) is 5.41 Å². The van der Waals surface area contributed by atoms with E-state index in [1.54, 1.807) is 27.3 Å². The topological polar surface area (TPSA) is 116 Å². The van der Waals surface area contributed by atoms with Gasteiger partial charge in [0, 0.05) is 79.0 Å². The Morgan fingerprint density at radius 3 is 2.53 bits per heavy atom. The molecule has 3 atom stereocenters. The first-order chi connectivity index (χ1) is 25.7. The molecule has 2 aliphatic heterocycles. The van der Waals surface area contributed by atoms with Crippen LogP contribution < -0.4 is 9.46 Å². The van der Waals surface area contributed by atoms with Crippen LogP contribution in [0.25, 0.3) is 33.1 Å². The molecule has 276 valence electrons. The number of benzene rings is 3. The summed E-state index contributed by atoms with van der Waals surface area (Å²) in [6.07, 6.45) is 7.98. The molecule has 12 heteroatoms. The Kier molecular flexibility index (Phi) is 8.55. The number of hydrogen-bond acceptors (Lipinski definition) is 7. The highest BCUT2D eigenvalue weighted by molar-refractivity contribution is 7.87. The minimum absolute atomic E-state index is 0.0235. The molecule has 1 N–H and O–H groups in total. The molecule has 0 spiro atoms. The van der Waals surface area contributed by atoms with Crippen LogP contribution in [0.4, 0.5) is 4.39 Å². The van der Waals surface area contributed by atoms with Crippen molar-refractivity contribution in [1.29, 1.82) is 0 Å². The lowest BCUT2D eigenvalue weighted by molar-refractivity contribution is -0.138. The Morgan fingerprint density at radius 1 is 1.00 bits per heavy atom. The third kappa shape index (κ3) is 5.72. The predicted octanol–water partition coefficient (Wildman–Crippen LogP) is 7.41. The maximum Gasteiger partial charge on any atom is 0.293 e. The van der Waals surface area contributed by atoms with E-state index in [4.69, 9.17) is 9.26 Å². The normalized spacial score (nSPS) is 22.3. The molecule has 1 saturated heterocycles. The number of carbonyl (C=O) groups is 2. The molecule has 2 aliphatic carbocycles. The zero-order valence-corrected chi connectivity index (χ0v) is 31.1. The molecule has 3 aromatic carbocycles. The number of piperidine rings is 1. The van der Waals surface area contributed by atoms with Gasteiger partial charge in [0.05, 0.1) is 23.9 Å². The summed E-state index contributed by atoms with van der Waals surface area (Å²) < 4.78 is 44.0. The Hall–Kier alpha value is -4.39. The SMILES string of the molecule is COc1ccc2c(c1)C1CC1(C(=O)N1CCC(c3noc4cc(F)ccc34)CC1)Cn1c-2c(C2CCCCC2)c2ccc(C(=O)N[S+]([O-])N(C)C)cc21. The van der Waals surface area contributed by atoms with Gasteiger partial charge in [0.25, 0.3) is 5.91 Å². The molecular weight excluding hydrogens is 694 g/mol. The maximum atomic E-state index is 15.0. The molecule has 2 aromatic heterocycles. The van der Waals surface area contributed by atoms with E-state index in [0.29, 0.717) is 36.7 Å². The highest BCUT2D eigenvalue weighted by atomic mass is 32.2. The van der Waals surface area contributed by atoms with Gasteiger partial charge in [0.15, 0.2) is 17.1 Å². The van der Waals surface area contributed by atoms with Crippen molar-refractivity contribution in [1.82, 2.24) is 23.7 Å². The van der Waals surface area contributed by atoms with E-state index < -0.39 is 22.9 Å². The number of ether oxygens (including phenoxy) is 1. The summed E-state index contributed by atoms with van der Waals surface area (Å²) in [6, 6.07) is 16.7. The van der Waals surface area contributed by atoms with Crippen LogP contribution in [0.15, 0.2) is 59.1 Å². The lowest BCUT2D eigenvalue weighted by atomic mass is 9.81. The summed E-state index contributed by atoms with van der Waals surface area (Å²) in [6.45, 7) is 1.69. The molecule has 3 fully saturated rings. The van der Waals surface area contributed by atoms with E-state index in [-0.39, 0.29) is 23.6 Å². The minimum Gasteiger partial charge on any atom is -0.573 e. The lowest BCUT2D eigenvalue weighted by Crippen LogP contribution is -2.44. The van der Waals surface area contributed by atoms with E-state index >= 15 is 0 Å². The Morgan fingerprint density at radius 2 is 1.77 bits per heavy atom. The fraction of sp³-hybridized carbons (Fsp3) is 0.439. The fourth-order valence-electron chi connectivity index (χ4n) is 9.55. The van der Waals surface area contributed by atoms with Gasteiger partial charge in [0.1, 0.15) is 11.6 Å². The summed E-state index contributed by atoms with van der Waals surface area (Å²) >= 11 is -1.67. The van der Waals surface area contributed by atoms with Crippen molar-refractivity contribution in [3.8, 4) is 17.0 Å². The van der Waals surface area contributed by atoms with Crippen LogP contribution in [0.2, 0.25) is 0 Å². The van der Waals surface area contributed by atoms with E-state index in [1.165, 1.54) is 41.3 Å². The average molecular weight is 738 g/mol.